The third kappa shape index (κ3) is 3.78. The van der Waals surface area contributed by atoms with E-state index in [0.717, 1.165) is 39.7 Å². The second-order valence-corrected chi connectivity index (χ2v) is 7.56. The van der Waals surface area contributed by atoms with Gasteiger partial charge in [-0.1, -0.05) is 30.9 Å². The molecule has 0 radical (unpaired) electrons. The highest BCUT2D eigenvalue weighted by Crippen LogP contribution is 2.23. The summed E-state index contributed by atoms with van der Waals surface area (Å²) in [6.07, 6.45) is 5.95. The molecule has 0 unspecified atom stereocenters. The van der Waals surface area contributed by atoms with Crippen LogP contribution in [0.5, 0.6) is 0 Å². The molecular weight excluding hydrogens is 330 g/mol. The normalized spacial score (nSPS) is 15.8. The maximum atomic E-state index is 12.4. The fourth-order valence-electron chi connectivity index (χ4n) is 3.08. The maximum Gasteiger partial charge on any atom is 0.261 e. The summed E-state index contributed by atoms with van der Waals surface area (Å²) in [5.41, 5.74) is 2.89. The molecule has 4 nitrogen and oxygen atoms in total. The zero-order chi connectivity index (χ0) is 16.4. The Morgan fingerprint density at radius 2 is 2.13 bits per heavy atom. The third-order valence-corrected chi connectivity index (χ3v) is 5.97. The molecule has 1 aliphatic rings. The number of nitrogens with one attached hydrogen (secondary N) is 1. The molecule has 0 aromatic carbocycles. The van der Waals surface area contributed by atoms with Gasteiger partial charge in [-0.15, -0.1) is 11.3 Å². The summed E-state index contributed by atoms with van der Waals surface area (Å²) < 4.78 is 1.89. The quantitative estimate of drug-likeness (QED) is 0.891. The lowest BCUT2D eigenvalue weighted by Crippen LogP contribution is -2.35. The number of nitrogens with zero attached hydrogens (tertiary/aromatic N) is 2. The summed E-state index contributed by atoms with van der Waals surface area (Å²) in [7, 11) is 0. The van der Waals surface area contributed by atoms with Crippen molar-refractivity contribution >= 4 is 28.8 Å². The Kier molecular flexibility index (Phi) is 5.07. The van der Waals surface area contributed by atoms with Crippen molar-refractivity contribution in [2.45, 2.75) is 58.5 Å². The van der Waals surface area contributed by atoms with Gasteiger partial charge in [0.05, 0.1) is 27.8 Å². The van der Waals surface area contributed by atoms with Gasteiger partial charge in [0.15, 0.2) is 0 Å². The molecule has 0 aliphatic heterocycles. The summed E-state index contributed by atoms with van der Waals surface area (Å²) in [5.74, 6) is 0.0551. The van der Waals surface area contributed by atoms with Crippen LogP contribution in [-0.4, -0.2) is 21.7 Å². The molecular formula is C17H22ClN3OS. The van der Waals surface area contributed by atoms with Gasteiger partial charge in [0.1, 0.15) is 0 Å². The maximum absolute atomic E-state index is 12.4. The molecule has 0 saturated heterocycles. The number of hydrogen-bond donors (Lipinski definition) is 1. The molecule has 0 bridgehead atoms. The third-order valence-electron chi connectivity index (χ3n) is 4.44. The monoisotopic (exact) mass is 351 g/mol. The molecule has 1 aliphatic carbocycles. The van der Waals surface area contributed by atoms with Crippen LogP contribution in [0, 0.1) is 13.8 Å². The Hall–Kier alpha value is -1.33. The van der Waals surface area contributed by atoms with Gasteiger partial charge in [-0.2, -0.15) is 5.10 Å². The van der Waals surface area contributed by atoms with E-state index in [4.69, 9.17) is 11.6 Å². The summed E-state index contributed by atoms with van der Waals surface area (Å²) in [5, 5.41) is 10.4. The molecule has 2 aromatic heterocycles. The van der Waals surface area contributed by atoms with Crippen LogP contribution in [0.1, 0.15) is 58.7 Å². The number of rotatable bonds is 4. The number of carbonyl (C=O) groups excluding carboxylic acids is 1. The molecule has 124 valence electrons. The van der Waals surface area contributed by atoms with Gasteiger partial charge in [0.25, 0.3) is 5.91 Å². The highest BCUT2D eigenvalue weighted by Gasteiger charge is 2.18. The topological polar surface area (TPSA) is 46.9 Å². The molecule has 6 heteroatoms. The van der Waals surface area contributed by atoms with E-state index in [1.54, 1.807) is 0 Å². The van der Waals surface area contributed by atoms with Crippen LogP contribution in [0.3, 0.4) is 0 Å². The molecule has 2 heterocycles. The van der Waals surface area contributed by atoms with Crippen molar-refractivity contribution in [3.8, 4) is 0 Å². The fourth-order valence-corrected chi connectivity index (χ4v) is 4.02. The zero-order valence-electron chi connectivity index (χ0n) is 13.6. The van der Waals surface area contributed by atoms with Gasteiger partial charge in [0, 0.05) is 6.04 Å². The standard InChI is InChI=1S/C17H22ClN3OS/c1-11-16(18)12(2)21(20-11)9-13-8-15(23-10-13)17(22)19-14-6-4-3-5-7-14/h8,10,14H,3-7,9H2,1-2H3,(H,19,22). The van der Waals surface area contributed by atoms with E-state index in [9.17, 15) is 4.79 Å². The van der Waals surface area contributed by atoms with Crippen molar-refractivity contribution < 1.29 is 4.79 Å². The second-order valence-electron chi connectivity index (χ2n) is 6.27. The number of hydrogen-bond acceptors (Lipinski definition) is 3. The predicted octanol–water partition coefficient (Wildman–Crippen LogP) is 4.33. The molecule has 1 fully saturated rings. The Labute approximate surface area is 145 Å². The summed E-state index contributed by atoms with van der Waals surface area (Å²) in [4.78, 5) is 13.1. The SMILES string of the molecule is Cc1nn(Cc2csc(C(=O)NC3CCCCC3)c2)c(C)c1Cl. The number of carbonyl (C=O) groups is 1. The van der Waals surface area contributed by atoms with Gasteiger partial charge >= 0.3 is 0 Å². The molecule has 0 spiro atoms. The number of aromatic nitrogens is 2. The molecule has 1 N–H and O–H groups in total. The smallest absolute Gasteiger partial charge is 0.261 e. The number of halogens is 1. The Bertz CT molecular complexity index is 701. The lowest BCUT2D eigenvalue weighted by Gasteiger charge is -2.22. The van der Waals surface area contributed by atoms with E-state index in [2.05, 4.69) is 10.4 Å². The van der Waals surface area contributed by atoms with Crippen molar-refractivity contribution in [1.29, 1.82) is 0 Å². The average molecular weight is 352 g/mol. The van der Waals surface area contributed by atoms with E-state index in [-0.39, 0.29) is 5.91 Å². The van der Waals surface area contributed by atoms with Crippen LogP contribution in [0.4, 0.5) is 0 Å². The van der Waals surface area contributed by atoms with Crippen molar-refractivity contribution in [3.05, 3.63) is 38.3 Å². The van der Waals surface area contributed by atoms with Crippen molar-refractivity contribution in [2.75, 3.05) is 0 Å². The molecule has 23 heavy (non-hydrogen) atoms. The molecule has 3 rings (SSSR count). The van der Waals surface area contributed by atoms with Crippen molar-refractivity contribution in [2.24, 2.45) is 0 Å². The lowest BCUT2D eigenvalue weighted by atomic mass is 9.95. The highest BCUT2D eigenvalue weighted by atomic mass is 35.5. The van der Waals surface area contributed by atoms with E-state index in [1.807, 2.05) is 30.0 Å². The molecule has 1 amide bonds. The first kappa shape index (κ1) is 16.5. The fraction of sp³-hybridized carbons (Fsp3) is 0.529. The van der Waals surface area contributed by atoms with Gasteiger partial charge < -0.3 is 5.32 Å². The highest BCUT2D eigenvalue weighted by molar-refractivity contribution is 7.12. The first-order valence-electron chi connectivity index (χ1n) is 8.12. The van der Waals surface area contributed by atoms with Crippen LogP contribution in [0.25, 0.3) is 0 Å². The Morgan fingerprint density at radius 1 is 1.39 bits per heavy atom. The van der Waals surface area contributed by atoms with E-state index < -0.39 is 0 Å². The van der Waals surface area contributed by atoms with Crippen LogP contribution in [0.2, 0.25) is 5.02 Å². The molecule has 1 saturated carbocycles. The minimum Gasteiger partial charge on any atom is -0.349 e. The zero-order valence-corrected chi connectivity index (χ0v) is 15.1. The van der Waals surface area contributed by atoms with Crippen molar-refractivity contribution in [1.82, 2.24) is 15.1 Å². The number of amides is 1. The Balaban J connectivity index is 1.65. The van der Waals surface area contributed by atoms with Crippen LogP contribution < -0.4 is 5.32 Å². The van der Waals surface area contributed by atoms with Gasteiger partial charge in [-0.3, -0.25) is 9.48 Å². The lowest BCUT2D eigenvalue weighted by molar-refractivity contribution is 0.0932. The minimum atomic E-state index is 0.0551. The number of aryl methyl sites for hydroxylation is 1. The van der Waals surface area contributed by atoms with Gasteiger partial charge in [-0.05, 0) is 43.7 Å². The van der Waals surface area contributed by atoms with Crippen molar-refractivity contribution in [3.63, 3.8) is 0 Å². The van der Waals surface area contributed by atoms with E-state index in [1.165, 1.54) is 30.6 Å². The second kappa shape index (κ2) is 7.05. The largest absolute Gasteiger partial charge is 0.349 e. The minimum absolute atomic E-state index is 0.0551. The first-order valence-corrected chi connectivity index (χ1v) is 9.38. The summed E-state index contributed by atoms with van der Waals surface area (Å²) in [6.45, 7) is 4.51. The Morgan fingerprint density at radius 3 is 2.78 bits per heavy atom. The van der Waals surface area contributed by atoms with Crippen LogP contribution in [-0.2, 0) is 6.54 Å². The number of thiophene rings is 1. The molecule has 0 atom stereocenters. The summed E-state index contributed by atoms with van der Waals surface area (Å²) >= 11 is 7.68. The summed E-state index contributed by atoms with van der Waals surface area (Å²) in [6, 6.07) is 2.31. The van der Waals surface area contributed by atoms with Gasteiger partial charge in [0.2, 0.25) is 0 Å². The molecule has 2 aromatic rings. The predicted molar refractivity (Wildman–Crippen MR) is 94.5 cm³/mol. The first-order chi connectivity index (χ1) is 11.0. The average Bonchev–Trinajstić information content (AvgIpc) is 3.10. The van der Waals surface area contributed by atoms with Gasteiger partial charge in [-0.25, -0.2) is 0 Å². The van der Waals surface area contributed by atoms with Crippen LogP contribution >= 0.6 is 22.9 Å². The van der Waals surface area contributed by atoms with E-state index >= 15 is 0 Å². The van der Waals surface area contributed by atoms with Crippen LogP contribution in [0.15, 0.2) is 11.4 Å². The van der Waals surface area contributed by atoms with E-state index in [0.29, 0.717) is 12.6 Å².